The number of amides is 1. The molecule has 1 saturated heterocycles. The van der Waals surface area contributed by atoms with Crippen molar-refractivity contribution in [3.8, 4) is 11.1 Å². The monoisotopic (exact) mass is 500 g/mol. The first-order valence-corrected chi connectivity index (χ1v) is 12.8. The lowest BCUT2D eigenvalue weighted by Gasteiger charge is -2.29. The lowest BCUT2D eigenvalue weighted by Crippen LogP contribution is -2.36. The number of ether oxygens (including phenoxy) is 1. The van der Waals surface area contributed by atoms with Crippen molar-refractivity contribution in [2.24, 2.45) is 0 Å². The Kier molecular flexibility index (Phi) is 5.57. The number of hydrogen-bond acceptors (Lipinski definition) is 4. The quantitative estimate of drug-likeness (QED) is 0.482. The summed E-state index contributed by atoms with van der Waals surface area (Å²) in [7, 11) is 0. The van der Waals surface area contributed by atoms with Gasteiger partial charge in [0.15, 0.2) is 0 Å². The second kappa shape index (κ2) is 8.70. The number of carboxylic acids is 1. The highest BCUT2D eigenvalue weighted by Crippen LogP contribution is 2.65. The van der Waals surface area contributed by atoms with Crippen LogP contribution in [0.5, 0.6) is 0 Å². The van der Waals surface area contributed by atoms with Crippen molar-refractivity contribution in [2.45, 2.75) is 37.5 Å². The van der Waals surface area contributed by atoms with Gasteiger partial charge in [-0.2, -0.15) is 0 Å². The molecule has 6 nitrogen and oxygen atoms in total. The number of fused-ring (bicyclic) bond motifs is 2. The number of rotatable bonds is 5. The van der Waals surface area contributed by atoms with E-state index in [0.29, 0.717) is 30.9 Å². The molecule has 2 heterocycles. The number of nitrogens with zero attached hydrogens (tertiary/aromatic N) is 1. The zero-order valence-electron chi connectivity index (χ0n) is 20.9. The number of aromatic carboxylic acids is 1. The number of nitrogens with one attached hydrogen (secondary N) is 1. The molecule has 1 saturated carbocycles. The Morgan fingerprint density at radius 3 is 2.51 bits per heavy atom. The van der Waals surface area contributed by atoms with Crippen LogP contribution in [0.15, 0.2) is 54.6 Å². The molecular weight excluding hydrogens is 471 g/mol. The minimum absolute atomic E-state index is 0.0731. The topological polar surface area (TPSA) is 78.9 Å². The van der Waals surface area contributed by atoms with Crippen LogP contribution in [0.4, 0.5) is 15.8 Å². The molecule has 190 valence electrons. The van der Waals surface area contributed by atoms with Crippen LogP contribution in [0.2, 0.25) is 0 Å². The Bertz CT molecular complexity index is 1410. The molecule has 2 atom stereocenters. The van der Waals surface area contributed by atoms with Gasteiger partial charge in [0.25, 0.3) is 0 Å². The van der Waals surface area contributed by atoms with E-state index in [1.54, 1.807) is 12.1 Å². The van der Waals surface area contributed by atoms with Crippen LogP contribution in [-0.4, -0.2) is 43.3 Å². The van der Waals surface area contributed by atoms with E-state index in [-0.39, 0.29) is 29.1 Å². The lowest BCUT2D eigenvalue weighted by atomic mass is 9.88. The summed E-state index contributed by atoms with van der Waals surface area (Å²) >= 11 is 0. The van der Waals surface area contributed by atoms with E-state index in [2.05, 4.69) is 10.2 Å². The highest BCUT2D eigenvalue weighted by atomic mass is 19.1. The molecule has 1 spiro atoms. The molecule has 0 bridgehead atoms. The number of halogens is 1. The fourth-order valence-corrected chi connectivity index (χ4v) is 5.99. The Morgan fingerprint density at radius 2 is 1.84 bits per heavy atom. The Balaban J connectivity index is 1.35. The van der Waals surface area contributed by atoms with Crippen molar-refractivity contribution in [1.29, 1.82) is 0 Å². The summed E-state index contributed by atoms with van der Waals surface area (Å²) in [5, 5.41) is 12.6. The SMILES string of the molecule is CC(C)c1ccc(C2CC23C(=O)Nc2cc(F)c(-c4ccc(N5CCOCC5)cc4)cc23)cc1C(=O)O. The molecule has 2 N–H and O–H groups in total. The standard InChI is InChI=1S/C30H29FN2O4/c1-17(2)21-8-5-19(13-23(21)28(34)35)25-16-30(25)24-14-22(26(31)15-27(24)32-29(30)36)18-3-6-20(7-4-18)33-9-11-37-12-10-33/h3-8,13-15,17,25H,9-12,16H2,1-2H3,(H,32,36)(H,34,35). The van der Waals surface area contributed by atoms with Crippen molar-refractivity contribution in [1.82, 2.24) is 0 Å². The molecule has 3 aliphatic rings. The van der Waals surface area contributed by atoms with E-state index in [0.717, 1.165) is 41.0 Å². The maximum absolute atomic E-state index is 15.2. The fourth-order valence-electron chi connectivity index (χ4n) is 5.99. The van der Waals surface area contributed by atoms with Crippen LogP contribution in [0.25, 0.3) is 11.1 Å². The van der Waals surface area contributed by atoms with Gasteiger partial charge in [0, 0.05) is 35.9 Å². The molecule has 1 aliphatic carbocycles. The second-order valence-corrected chi connectivity index (χ2v) is 10.5. The predicted molar refractivity (Wildman–Crippen MR) is 140 cm³/mol. The molecule has 2 unspecified atom stereocenters. The van der Waals surface area contributed by atoms with Gasteiger partial charge in [0.2, 0.25) is 5.91 Å². The lowest BCUT2D eigenvalue weighted by molar-refractivity contribution is -0.118. The molecule has 2 fully saturated rings. The van der Waals surface area contributed by atoms with Gasteiger partial charge in [0.05, 0.1) is 24.2 Å². The Morgan fingerprint density at radius 1 is 1.11 bits per heavy atom. The van der Waals surface area contributed by atoms with Crippen molar-refractivity contribution >= 4 is 23.3 Å². The van der Waals surface area contributed by atoms with Gasteiger partial charge in [-0.3, -0.25) is 4.79 Å². The van der Waals surface area contributed by atoms with E-state index in [4.69, 9.17) is 4.74 Å². The van der Waals surface area contributed by atoms with Gasteiger partial charge in [-0.05, 0) is 64.9 Å². The number of hydrogen-bond donors (Lipinski definition) is 2. The van der Waals surface area contributed by atoms with Crippen LogP contribution in [-0.2, 0) is 14.9 Å². The van der Waals surface area contributed by atoms with Crippen molar-refractivity contribution < 1.29 is 23.8 Å². The van der Waals surface area contributed by atoms with Gasteiger partial charge < -0.3 is 20.1 Å². The smallest absolute Gasteiger partial charge is 0.335 e. The summed E-state index contributed by atoms with van der Waals surface area (Å²) in [6, 6.07) is 16.5. The van der Waals surface area contributed by atoms with Crippen LogP contribution in [0.3, 0.4) is 0 Å². The maximum Gasteiger partial charge on any atom is 0.335 e. The summed E-state index contributed by atoms with van der Waals surface area (Å²) in [5.74, 6) is -1.60. The molecule has 1 amide bonds. The number of benzene rings is 3. The normalized spacial score (nSPS) is 22.3. The zero-order valence-corrected chi connectivity index (χ0v) is 20.9. The summed E-state index contributed by atoms with van der Waals surface area (Å²) in [5.41, 5.74) is 4.61. The molecule has 7 heteroatoms. The molecule has 3 aromatic carbocycles. The number of carbonyl (C=O) groups excluding carboxylic acids is 1. The first-order chi connectivity index (χ1) is 17.8. The molecular formula is C30H29FN2O4. The molecule has 37 heavy (non-hydrogen) atoms. The molecule has 0 aromatic heterocycles. The van der Waals surface area contributed by atoms with Gasteiger partial charge in [-0.25, -0.2) is 9.18 Å². The van der Waals surface area contributed by atoms with E-state index >= 15 is 4.39 Å². The van der Waals surface area contributed by atoms with Crippen LogP contribution in [0, 0.1) is 5.82 Å². The highest BCUT2D eigenvalue weighted by Gasteiger charge is 2.65. The maximum atomic E-state index is 15.2. The van der Waals surface area contributed by atoms with E-state index in [1.165, 1.54) is 6.07 Å². The third-order valence-corrected chi connectivity index (χ3v) is 8.09. The third-order valence-electron chi connectivity index (χ3n) is 8.09. The number of anilines is 2. The van der Waals surface area contributed by atoms with Gasteiger partial charge >= 0.3 is 5.97 Å². The second-order valence-electron chi connectivity index (χ2n) is 10.5. The van der Waals surface area contributed by atoms with Gasteiger partial charge in [-0.15, -0.1) is 0 Å². The fraction of sp³-hybridized carbons (Fsp3) is 0.333. The van der Waals surface area contributed by atoms with Crippen molar-refractivity contribution in [3.63, 3.8) is 0 Å². The molecule has 3 aromatic rings. The van der Waals surface area contributed by atoms with Gasteiger partial charge in [0.1, 0.15) is 5.82 Å². The first-order valence-electron chi connectivity index (χ1n) is 12.8. The highest BCUT2D eigenvalue weighted by molar-refractivity contribution is 6.10. The Labute approximate surface area is 215 Å². The third kappa shape index (κ3) is 3.80. The van der Waals surface area contributed by atoms with Crippen molar-refractivity contribution in [3.05, 3.63) is 82.7 Å². The van der Waals surface area contributed by atoms with Crippen LogP contribution < -0.4 is 10.2 Å². The minimum Gasteiger partial charge on any atom is -0.478 e. The Hall–Kier alpha value is -3.71. The van der Waals surface area contributed by atoms with E-state index in [9.17, 15) is 14.7 Å². The predicted octanol–water partition coefficient (Wildman–Crippen LogP) is 5.53. The van der Waals surface area contributed by atoms with E-state index in [1.807, 2.05) is 50.2 Å². The van der Waals surface area contributed by atoms with E-state index < -0.39 is 11.4 Å². The number of morpholine rings is 1. The summed E-state index contributed by atoms with van der Waals surface area (Å²) < 4.78 is 20.7. The average Bonchev–Trinajstić information content (AvgIpc) is 3.60. The average molecular weight is 501 g/mol. The minimum atomic E-state index is -0.971. The number of carbonyl (C=O) groups is 2. The molecule has 2 aliphatic heterocycles. The summed E-state index contributed by atoms with van der Waals surface area (Å²) in [6.45, 7) is 6.96. The van der Waals surface area contributed by atoms with Crippen LogP contribution in [0.1, 0.15) is 59.2 Å². The summed E-state index contributed by atoms with van der Waals surface area (Å²) in [6.07, 6.45) is 0.562. The van der Waals surface area contributed by atoms with Crippen LogP contribution >= 0.6 is 0 Å². The zero-order chi connectivity index (χ0) is 25.9. The summed E-state index contributed by atoms with van der Waals surface area (Å²) in [4.78, 5) is 27.4. The molecule has 6 rings (SSSR count). The molecule has 0 radical (unpaired) electrons. The van der Waals surface area contributed by atoms with Crippen molar-refractivity contribution in [2.75, 3.05) is 36.5 Å². The number of carboxylic acid groups (broad SMARTS) is 1. The largest absolute Gasteiger partial charge is 0.478 e. The van der Waals surface area contributed by atoms with Gasteiger partial charge in [-0.1, -0.05) is 38.1 Å². The first kappa shape index (κ1) is 23.7.